The molecule has 0 fully saturated rings. The normalized spacial score (nSPS) is 10.5. The fourth-order valence-electron chi connectivity index (χ4n) is 2.05. The number of anilines is 1. The molecule has 0 aliphatic rings. The molecule has 0 saturated carbocycles. The molecule has 0 spiro atoms. The maximum absolute atomic E-state index is 12.2. The molecule has 0 atom stereocenters. The summed E-state index contributed by atoms with van der Waals surface area (Å²) in [6.45, 7) is 0.380. The van der Waals surface area contributed by atoms with Crippen LogP contribution < -0.4 is 10.6 Å². The van der Waals surface area contributed by atoms with E-state index in [9.17, 15) is 4.79 Å². The third kappa shape index (κ3) is 4.80. The lowest BCUT2D eigenvalue weighted by Crippen LogP contribution is -2.34. The lowest BCUT2D eigenvalue weighted by atomic mass is 10.3. The van der Waals surface area contributed by atoms with Crippen LogP contribution in [-0.2, 0) is 6.54 Å². The number of hydrogen-bond acceptors (Lipinski definition) is 4. The number of halogens is 2. The number of thiocarbonyl (C=S) groups is 1. The van der Waals surface area contributed by atoms with Gasteiger partial charge in [-0.2, -0.15) is 5.10 Å². The van der Waals surface area contributed by atoms with E-state index in [1.165, 1.54) is 6.20 Å². The average Bonchev–Trinajstić information content (AvgIpc) is 3.19. The van der Waals surface area contributed by atoms with Gasteiger partial charge in [-0.05, 0) is 59.1 Å². The van der Waals surface area contributed by atoms with Crippen LogP contribution in [0.1, 0.15) is 16.3 Å². The second-order valence-corrected chi connectivity index (χ2v) is 7.02. The van der Waals surface area contributed by atoms with Crippen LogP contribution in [0.25, 0.3) is 0 Å². The highest BCUT2D eigenvalue weighted by Crippen LogP contribution is 2.17. The molecule has 9 heteroatoms. The standard InChI is InChI=1S/C16H12ClIN4O2S/c17-10-7-19-22(8-10)9-11-5-6-14(24-11)15(23)21-16(25)20-13-4-2-1-3-12(13)18/h1-8H,9H2,(H2,20,21,23,25). The third-order valence-corrected chi connectivity index (χ3v) is 4.49. The van der Waals surface area contributed by atoms with Gasteiger partial charge in [0.2, 0.25) is 0 Å². The zero-order valence-electron chi connectivity index (χ0n) is 12.7. The van der Waals surface area contributed by atoms with E-state index >= 15 is 0 Å². The van der Waals surface area contributed by atoms with Gasteiger partial charge in [0, 0.05) is 9.77 Å². The second-order valence-electron chi connectivity index (χ2n) is 5.01. The minimum atomic E-state index is -0.423. The summed E-state index contributed by atoms with van der Waals surface area (Å²) >= 11 is 13.2. The van der Waals surface area contributed by atoms with Crippen LogP contribution >= 0.6 is 46.4 Å². The second kappa shape index (κ2) is 7.98. The fourth-order valence-corrected chi connectivity index (χ4v) is 2.93. The predicted octanol–water partition coefficient (Wildman–Crippen LogP) is 3.91. The molecule has 25 heavy (non-hydrogen) atoms. The summed E-state index contributed by atoms with van der Waals surface area (Å²) in [5.41, 5.74) is 0.823. The zero-order valence-corrected chi connectivity index (χ0v) is 16.4. The number of amides is 1. The summed E-state index contributed by atoms with van der Waals surface area (Å²) in [5, 5.41) is 10.4. The first-order valence-corrected chi connectivity index (χ1v) is 9.01. The maximum atomic E-state index is 12.2. The van der Waals surface area contributed by atoms with E-state index in [1.807, 2.05) is 24.3 Å². The van der Waals surface area contributed by atoms with Crippen molar-refractivity contribution in [2.45, 2.75) is 6.54 Å². The van der Waals surface area contributed by atoms with Gasteiger partial charge in [-0.1, -0.05) is 23.7 Å². The topological polar surface area (TPSA) is 72.1 Å². The molecule has 0 saturated heterocycles. The third-order valence-electron chi connectivity index (χ3n) is 3.15. The average molecular weight is 487 g/mol. The Morgan fingerprint density at radius 2 is 2.12 bits per heavy atom. The van der Waals surface area contributed by atoms with Gasteiger partial charge < -0.3 is 9.73 Å². The zero-order chi connectivity index (χ0) is 17.8. The number of carbonyl (C=O) groups is 1. The van der Waals surface area contributed by atoms with Crippen LogP contribution in [0.4, 0.5) is 5.69 Å². The van der Waals surface area contributed by atoms with Crippen LogP contribution in [-0.4, -0.2) is 20.8 Å². The van der Waals surface area contributed by atoms with Gasteiger partial charge in [0.15, 0.2) is 10.9 Å². The molecule has 128 valence electrons. The van der Waals surface area contributed by atoms with Gasteiger partial charge in [-0.25, -0.2) is 0 Å². The van der Waals surface area contributed by atoms with Crippen LogP contribution in [0.5, 0.6) is 0 Å². The van der Waals surface area contributed by atoms with Crippen molar-refractivity contribution in [3.63, 3.8) is 0 Å². The summed E-state index contributed by atoms with van der Waals surface area (Å²) in [5.74, 6) is 0.328. The highest BCUT2D eigenvalue weighted by molar-refractivity contribution is 14.1. The first-order valence-electron chi connectivity index (χ1n) is 7.15. The number of carbonyl (C=O) groups excluding carboxylic acids is 1. The molecule has 3 rings (SSSR count). The highest BCUT2D eigenvalue weighted by Gasteiger charge is 2.14. The molecule has 0 radical (unpaired) electrons. The van der Waals surface area contributed by atoms with Crippen LogP contribution in [0.3, 0.4) is 0 Å². The number of rotatable bonds is 4. The number of aromatic nitrogens is 2. The van der Waals surface area contributed by atoms with Crippen molar-refractivity contribution < 1.29 is 9.21 Å². The fraction of sp³-hybridized carbons (Fsp3) is 0.0625. The minimum absolute atomic E-state index is 0.167. The lowest BCUT2D eigenvalue weighted by Gasteiger charge is -2.09. The van der Waals surface area contributed by atoms with Crippen molar-refractivity contribution in [1.82, 2.24) is 15.1 Å². The quantitative estimate of drug-likeness (QED) is 0.432. The Bertz CT molecular complexity index is 924. The van der Waals surface area contributed by atoms with Crippen molar-refractivity contribution in [3.8, 4) is 0 Å². The molecule has 0 aliphatic carbocycles. The summed E-state index contributed by atoms with van der Waals surface area (Å²) in [6, 6.07) is 10.9. The Hall–Kier alpha value is -1.91. The number of furan rings is 1. The van der Waals surface area contributed by atoms with Gasteiger partial charge in [0.05, 0.1) is 23.5 Å². The van der Waals surface area contributed by atoms with E-state index in [0.29, 0.717) is 17.3 Å². The number of para-hydroxylation sites is 1. The van der Waals surface area contributed by atoms with Crippen molar-refractivity contribution in [2.24, 2.45) is 0 Å². The summed E-state index contributed by atoms with van der Waals surface area (Å²) in [6.07, 6.45) is 3.21. The Morgan fingerprint density at radius 3 is 2.84 bits per heavy atom. The molecule has 1 amide bonds. The molecule has 2 N–H and O–H groups in total. The monoisotopic (exact) mass is 486 g/mol. The summed E-state index contributed by atoms with van der Waals surface area (Å²) in [7, 11) is 0. The van der Waals surface area contributed by atoms with E-state index in [4.69, 9.17) is 28.2 Å². The van der Waals surface area contributed by atoms with E-state index in [1.54, 1.807) is 23.0 Å². The first-order chi connectivity index (χ1) is 12.0. The Labute approximate surface area is 167 Å². The SMILES string of the molecule is O=C(NC(=S)Nc1ccccc1I)c1ccc(Cn2cc(Cl)cn2)o1. The van der Waals surface area contributed by atoms with Crippen molar-refractivity contribution in [3.05, 3.63) is 68.9 Å². The number of nitrogens with zero attached hydrogens (tertiary/aromatic N) is 2. The van der Waals surface area contributed by atoms with Gasteiger partial charge in [0.25, 0.3) is 5.91 Å². The number of benzene rings is 1. The molecule has 1 aromatic carbocycles. The van der Waals surface area contributed by atoms with Crippen molar-refractivity contribution in [1.29, 1.82) is 0 Å². The van der Waals surface area contributed by atoms with Crippen LogP contribution in [0.2, 0.25) is 5.02 Å². The molecule has 0 aliphatic heterocycles. The minimum Gasteiger partial charge on any atom is -0.454 e. The summed E-state index contributed by atoms with van der Waals surface area (Å²) < 4.78 is 8.14. The predicted molar refractivity (Wildman–Crippen MR) is 108 cm³/mol. The Balaban J connectivity index is 1.60. The molecule has 0 unspecified atom stereocenters. The molecular formula is C16H12ClIN4O2S. The van der Waals surface area contributed by atoms with Crippen LogP contribution in [0, 0.1) is 3.57 Å². The van der Waals surface area contributed by atoms with Gasteiger partial charge in [-0.15, -0.1) is 0 Å². The molecule has 2 heterocycles. The summed E-state index contributed by atoms with van der Waals surface area (Å²) in [4.78, 5) is 12.2. The molecule has 2 aromatic heterocycles. The number of nitrogens with one attached hydrogen (secondary N) is 2. The molecule has 6 nitrogen and oxygen atoms in total. The molecular weight excluding hydrogens is 475 g/mol. The van der Waals surface area contributed by atoms with Crippen molar-refractivity contribution >= 4 is 63.1 Å². The van der Waals surface area contributed by atoms with Gasteiger partial charge in [0.1, 0.15) is 5.76 Å². The molecule has 3 aromatic rings. The smallest absolute Gasteiger partial charge is 0.293 e. The van der Waals surface area contributed by atoms with Crippen molar-refractivity contribution in [2.75, 3.05) is 5.32 Å². The van der Waals surface area contributed by atoms with E-state index in [2.05, 4.69) is 38.3 Å². The van der Waals surface area contributed by atoms with Gasteiger partial charge in [-0.3, -0.25) is 14.8 Å². The van der Waals surface area contributed by atoms with Gasteiger partial charge >= 0.3 is 0 Å². The highest BCUT2D eigenvalue weighted by atomic mass is 127. The van der Waals surface area contributed by atoms with E-state index in [-0.39, 0.29) is 10.9 Å². The largest absolute Gasteiger partial charge is 0.454 e. The molecule has 0 bridgehead atoms. The van der Waals surface area contributed by atoms with E-state index < -0.39 is 5.91 Å². The van der Waals surface area contributed by atoms with E-state index in [0.717, 1.165) is 9.26 Å². The maximum Gasteiger partial charge on any atom is 0.293 e. The Kier molecular flexibility index (Phi) is 5.71. The van der Waals surface area contributed by atoms with Crippen LogP contribution in [0.15, 0.2) is 53.2 Å². The number of hydrogen-bond donors (Lipinski definition) is 2. The lowest BCUT2D eigenvalue weighted by molar-refractivity contribution is 0.0948. The Morgan fingerprint density at radius 1 is 1.32 bits per heavy atom. The first kappa shape index (κ1) is 17.9.